The van der Waals surface area contributed by atoms with E-state index in [1.165, 1.54) is 6.07 Å². The number of aliphatic hydroxyl groups excluding tert-OH is 1. The first-order valence-electron chi connectivity index (χ1n) is 5.89. The molecule has 0 atom stereocenters. The lowest BCUT2D eigenvalue weighted by molar-refractivity contribution is -0.142. The number of thioether (sulfide) groups is 1. The van der Waals surface area contributed by atoms with Crippen molar-refractivity contribution in [3.63, 3.8) is 0 Å². The monoisotopic (exact) mass is 319 g/mol. The number of carbonyl (C=O) groups excluding carboxylic acids is 1. The van der Waals surface area contributed by atoms with Gasteiger partial charge < -0.3 is 9.84 Å². The number of alkyl halides is 3. The number of ether oxygens (including phenoxy) is 1. The molecule has 0 aliphatic heterocycles. The zero-order valence-electron chi connectivity index (χ0n) is 11.0. The van der Waals surface area contributed by atoms with Crippen LogP contribution in [0.1, 0.15) is 23.6 Å². The molecular formula is C13H12F3NO3S. The molecule has 0 amide bonds. The average Bonchev–Trinajstić information content (AvgIpc) is 2.38. The highest BCUT2D eigenvalue weighted by molar-refractivity contribution is 8.00. The van der Waals surface area contributed by atoms with Crippen molar-refractivity contribution in [2.24, 2.45) is 0 Å². The third-order valence-corrected chi connectivity index (χ3v) is 3.30. The minimum absolute atomic E-state index is 0.0137. The van der Waals surface area contributed by atoms with Crippen LogP contribution in [0.5, 0.6) is 0 Å². The Labute approximate surface area is 123 Å². The van der Waals surface area contributed by atoms with Crippen molar-refractivity contribution < 1.29 is 27.8 Å². The Kier molecular flexibility index (Phi) is 6.05. The number of rotatable bonds is 5. The summed E-state index contributed by atoms with van der Waals surface area (Å²) >= 11 is -0.430. The Balaban J connectivity index is 3.20. The summed E-state index contributed by atoms with van der Waals surface area (Å²) in [6.45, 7) is 1.15. The van der Waals surface area contributed by atoms with Crippen molar-refractivity contribution in [3.8, 4) is 6.07 Å². The molecule has 0 radical (unpaired) electrons. The molecule has 0 aromatic heterocycles. The van der Waals surface area contributed by atoms with Gasteiger partial charge in [-0.05, 0) is 30.3 Å². The molecule has 0 heterocycles. The summed E-state index contributed by atoms with van der Waals surface area (Å²) < 4.78 is 42.0. The van der Waals surface area contributed by atoms with Gasteiger partial charge in [-0.15, -0.1) is 0 Å². The van der Waals surface area contributed by atoms with E-state index in [0.717, 1.165) is 6.07 Å². The topological polar surface area (TPSA) is 70.3 Å². The lowest BCUT2D eigenvalue weighted by atomic mass is 10.00. The van der Waals surface area contributed by atoms with E-state index >= 15 is 0 Å². The smallest absolute Gasteiger partial charge is 0.446 e. The van der Waals surface area contributed by atoms with E-state index in [-0.39, 0.29) is 34.6 Å². The Hall–Kier alpha value is -1.72. The SMILES string of the molecule is CCOC(=O)Cc1ccc(SC(F)(F)F)c(C#N)c1CO. The average molecular weight is 319 g/mol. The summed E-state index contributed by atoms with van der Waals surface area (Å²) in [5, 5.41) is 18.3. The first kappa shape index (κ1) is 17.3. The highest BCUT2D eigenvalue weighted by Gasteiger charge is 2.31. The van der Waals surface area contributed by atoms with Crippen LogP contribution in [0.15, 0.2) is 17.0 Å². The molecule has 4 nitrogen and oxygen atoms in total. The van der Waals surface area contributed by atoms with Crippen LogP contribution < -0.4 is 0 Å². The van der Waals surface area contributed by atoms with Crippen molar-refractivity contribution >= 4 is 17.7 Å². The Morgan fingerprint density at radius 1 is 1.48 bits per heavy atom. The maximum absolute atomic E-state index is 12.4. The van der Waals surface area contributed by atoms with E-state index in [1.807, 2.05) is 0 Å². The van der Waals surface area contributed by atoms with Crippen LogP contribution in [-0.4, -0.2) is 23.2 Å². The first-order valence-corrected chi connectivity index (χ1v) is 6.71. The van der Waals surface area contributed by atoms with Crippen LogP contribution in [0, 0.1) is 11.3 Å². The van der Waals surface area contributed by atoms with Gasteiger partial charge in [0.2, 0.25) is 0 Å². The van der Waals surface area contributed by atoms with E-state index in [4.69, 9.17) is 10.00 Å². The normalized spacial score (nSPS) is 11.0. The molecule has 0 aliphatic carbocycles. The highest BCUT2D eigenvalue weighted by atomic mass is 32.2. The van der Waals surface area contributed by atoms with E-state index < -0.39 is 29.8 Å². The maximum Gasteiger partial charge on any atom is 0.446 e. The number of aliphatic hydroxyl groups is 1. The lowest BCUT2D eigenvalue weighted by Gasteiger charge is -2.13. The third kappa shape index (κ3) is 4.95. The number of esters is 1. The van der Waals surface area contributed by atoms with Gasteiger partial charge in [-0.2, -0.15) is 18.4 Å². The molecule has 1 rings (SSSR count). The fourth-order valence-electron chi connectivity index (χ4n) is 1.72. The molecule has 8 heteroatoms. The van der Waals surface area contributed by atoms with Crippen molar-refractivity contribution in [1.29, 1.82) is 5.26 Å². The molecular weight excluding hydrogens is 307 g/mol. The minimum atomic E-state index is -4.54. The van der Waals surface area contributed by atoms with Gasteiger partial charge >= 0.3 is 11.5 Å². The van der Waals surface area contributed by atoms with Gasteiger partial charge in [0.25, 0.3) is 0 Å². The van der Waals surface area contributed by atoms with Gasteiger partial charge in [-0.25, -0.2) is 0 Å². The Morgan fingerprint density at radius 2 is 2.14 bits per heavy atom. The van der Waals surface area contributed by atoms with Gasteiger partial charge in [0.05, 0.1) is 25.2 Å². The largest absolute Gasteiger partial charge is 0.466 e. The second-order valence-electron chi connectivity index (χ2n) is 3.88. The zero-order chi connectivity index (χ0) is 16.0. The number of nitrogens with zero attached hydrogens (tertiary/aromatic N) is 1. The summed E-state index contributed by atoms with van der Waals surface area (Å²) in [5.74, 6) is -0.577. The van der Waals surface area contributed by atoms with Crippen molar-refractivity contribution in [2.75, 3.05) is 6.61 Å². The standard InChI is InChI=1S/C13H12F3NO3S/c1-2-20-12(19)5-8-3-4-11(21-13(14,15)16)9(6-17)10(8)7-18/h3-4,18H,2,5,7H2,1H3. The fourth-order valence-corrected chi connectivity index (χ4v) is 2.37. The van der Waals surface area contributed by atoms with Gasteiger partial charge in [-0.1, -0.05) is 6.07 Å². The molecule has 0 unspecified atom stereocenters. The second-order valence-corrected chi connectivity index (χ2v) is 4.98. The first-order chi connectivity index (χ1) is 9.82. The number of nitriles is 1. The van der Waals surface area contributed by atoms with E-state index in [9.17, 15) is 23.1 Å². The number of benzene rings is 1. The van der Waals surface area contributed by atoms with Gasteiger partial charge in [-0.3, -0.25) is 4.79 Å². The summed E-state index contributed by atoms with van der Waals surface area (Å²) in [4.78, 5) is 11.1. The van der Waals surface area contributed by atoms with Gasteiger partial charge in [0, 0.05) is 10.5 Å². The van der Waals surface area contributed by atoms with Crippen LogP contribution in [0.4, 0.5) is 13.2 Å². The van der Waals surface area contributed by atoms with Crippen molar-refractivity contribution in [2.45, 2.75) is 30.4 Å². The predicted octanol–water partition coefficient (Wildman–Crippen LogP) is 2.77. The van der Waals surface area contributed by atoms with Crippen molar-refractivity contribution in [1.82, 2.24) is 0 Å². The quantitative estimate of drug-likeness (QED) is 0.667. The molecule has 0 fully saturated rings. The van der Waals surface area contributed by atoms with Gasteiger partial charge in [0.15, 0.2) is 0 Å². The molecule has 21 heavy (non-hydrogen) atoms. The van der Waals surface area contributed by atoms with E-state index in [0.29, 0.717) is 0 Å². The van der Waals surface area contributed by atoms with Crippen LogP contribution in [0.2, 0.25) is 0 Å². The number of hydrogen-bond donors (Lipinski definition) is 1. The van der Waals surface area contributed by atoms with Crippen LogP contribution in [0.3, 0.4) is 0 Å². The van der Waals surface area contributed by atoms with Crippen molar-refractivity contribution in [3.05, 3.63) is 28.8 Å². The summed E-state index contributed by atoms with van der Waals surface area (Å²) in [6, 6.07) is 4.05. The van der Waals surface area contributed by atoms with E-state index in [1.54, 1.807) is 13.0 Å². The molecule has 0 spiro atoms. The van der Waals surface area contributed by atoms with Crippen LogP contribution in [0.25, 0.3) is 0 Å². The molecule has 0 aliphatic rings. The maximum atomic E-state index is 12.4. The zero-order valence-corrected chi connectivity index (χ0v) is 11.8. The molecule has 0 saturated carbocycles. The number of halogens is 3. The Morgan fingerprint density at radius 3 is 2.62 bits per heavy atom. The summed E-state index contributed by atoms with van der Waals surface area (Å²) in [5.41, 5.74) is -4.53. The van der Waals surface area contributed by atoms with Crippen LogP contribution in [-0.2, 0) is 22.6 Å². The molecule has 1 aromatic carbocycles. The second kappa shape index (κ2) is 7.33. The Bertz CT molecular complexity index is 567. The minimum Gasteiger partial charge on any atom is -0.466 e. The third-order valence-electron chi connectivity index (χ3n) is 2.51. The number of hydrogen-bond acceptors (Lipinski definition) is 5. The molecule has 0 bridgehead atoms. The van der Waals surface area contributed by atoms with Crippen LogP contribution >= 0.6 is 11.8 Å². The number of carbonyl (C=O) groups is 1. The molecule has 114 valence electrons. The lowest BCUT2D eigenvalue weighted by Crippen LogP contribution is -2.11. The van der Waals surface area contributed by atoms with Gasteiger partial charge in [0.1, 0.15) is 6.07 Å². The summed E-state index contributed by atoms with van der Waals surface area (Å²) in [7, 11) is 0. The molecule has 0 saturated heterocycles. The fraction of sp³-hybridized carbons (Fsp3) is 0.385. The molecule has 1 aromatic rings. The molecule has 1 N–H and O–H groups in total. The summed E-state index contributed by atoms with van der Waals surface area (Å²) in [6.07, 6.45) is -0.213. The van der Waals surface area contributed by atoms with E-state index in [2.05, 4.69) is 0 Å². The predicted molar refractivity (Wildman–Crippen MR) is 69.3 cm³/mol. The highest BCUT2D eigenvalue weighted by Crippen LogP contribution is 2.39.